The second kappa shape index (κ2) is 3.87. The van der Waals surface area contributed by atoms with Crippen LogP contribution in [0.5, 0.6) is 0 Å². The van der Waals surface area contributed by atoms with Crippen LogP contribution in [-0.4, -0.2) is 0 Å². The molecule has 4 rings (SSSR count). The summed E-state index contributed by atoms with van der Waals surface area (Å²) in [6, 6.07) is 15.8. The molecule has 2 aromatic carbocycles. The van der Waals surface area contributed by atoms with E-state index < -0.39 is 0 Å². The van der Waals surface area contributed by atoms with Crippen LogP contribution in [0.25, 0.3) is 10.8 Å². The van der Waals surface area contributed by atoms with E-state index in [0.29, 0.717) is 10.8 Å². The molecule has 0 radical (unpaired) electrons. The molecule has 2 aliphatic rings. The van der Waals surface area contributed by atoms with E-state index in [2.05, 4.69) is 63.2 Å². The lowest BCUT2D eigenvalue weighted by molar-refractivity contribution is 0.135. The predicted molar refractivity (Wildman–Crippen MR) is 85.9 cm³/mol. The van der Waals surface area contributed by atoms with Crippen molar-refractivity contribution in [2.45, 2.75) is 46.0 Å². The molecule has 0 heterocycles. The van der Waals surface area contributed by atoms with Crippen LogP contribution in [0.15, 0.2) is 42.5 Å². The Hall–Kier alpha value is -1.30. The van der Waals surface area contributed by atoms with Crippen molar-refractivity contribution in [2.24, 2.45) is 16.7 Å². The molecule has 2 aromatic rings. The molecule has 0 aliphatic heterocycles. The fourth-order valence-corrected chi connectivity index (χ4v) is 5.23. The Bertz CT molecular complexity index is 661. The first-order valence-corrected chi connectivity index (χ1v) is 8.02. The molecular weight excluding hydrogens is 240 g/mol. The van der Waals surface area contributed by atoms with Gasteiger partial charge in [-0.1, -0.05) is 63.2 Å². The lowest BCUT2D eigenvalue weighted by atomic mass is 9.64. The maximum absolute atomic E-state index is 2.55. The van der Waals surface area contributed by atoms with Crippen LogP contribution in [0, 0.1) is 16.7 Å². The van der Waals surface area contributed by atoms with E-state index in [0.717, 1.165) is 11.8 Å². The van der Waals surface area contributed by atoms with Crippen LogP contribution in [0.2, 0.25) is 0 Å². The molecule has 0 spiro atoms. The van der Waals surface area contributed by atoms with Gasteiger partial charge in [-0.15, -0.1) is 0 Å². The Morgan fingerprint density at radius 1 is 0.950 bits per heavy atom. The van der Waals surface area contributed by atoms with Crippen molar-refractivity contribution in [3.8, 4) is 0 Å². The van der Waals surface area contributed by atoms with Crippen molar-refractivity contribution < 1.29 is 0 Å². The highest BCUT2D eigenvalue weighted by molar-refractivity contribution is 5.86. The van der Waals surface area contributed by atoms with Gasteiger partial charge in [0.15, 0.2) is 0 Å². The monoisotopic (exact) mass is 264 g/mol. The molecule has 20 heavy (non-hydrogen) atoms. The first-order chi connectivity index (χ1) is 9.54. The Labute approximate surface area is 122 Å². The normalized spacial score (nSPS) is 34.8. The van der Waals surface area contributed by atoms with Crippen molar-refractivity contribution in [3.63, 3.8) is 0 Å². The minimum atomic E-state index is 0.474. The second-order valence-corrected chi connectivity index (χ2v) is 7.73. The summed E-state index contributed by atoms with van der Waals surface area (Å²) < 4.78 is 0. The SMILES string of the molecule is CC1(C)C2CC[C@@]1(C)C(c1cccc3ccccc13)C2. The summed E-state index contributed by atoms with van der Waals surface area (Å²) >= 11 is 0. The summed E-state index contributed by atoms with van der Waals surface area (Å²) in [5.41, 5.74) is 2.57. The van der Waals surface area contributed by atoms with Crippen molar-refractivity contribution in [2.75, 3.05) is 0 Å². The topological polar surface area (TPSA) is 0 Å². The van der Waals surface area contributed by atoms with E-state index in [-0.39, 0.29) is 0 Å². The van der Waals surface area contributed by atoms with E-state index in [4.69, 9.17) is 0 Å². The number of hydrogen-bond donors (Lipinski definition) is 0. The van der Waals surface area contributed by atoms with Crippen molar-refractivity contribution in [1.29, 1.82) is 0 Å². The molecule has 2 aliphatic carbocycles. The van der Waals surface area contributed by atoms with E-state index in [9.17, 15) is 0 Å². The Kier molecular flexibility index (Phi) is 2.41. The molecule has 2 saturated carbocycles. The lowest BCUT2D eigenvalue weighted by Gasteiger charge is -2.40. The number of hydrogen-bond acceptors (Lipinski definition) is 0. The second-order valence-electron chi connectivity index (χ2n) is 7.73. The number of rotatable bonds is 1. The van der Waals surface area contributed by atoms with Gasteiger partial charge >= 0.3 is 0 Å². The Balaban J connectivity index is 1.90. The molecule has 104 valence electrons. The lowest BCUT2D eigenvalue weighted by Crippen LogP contribution is -2.31. The quantitative estimate of drug-likeness (QED) is 0.613. The minimum Gasteiger partial charge on any atom is -0.0616 e. The fourth-order valence-electron chi connectivity index (χ4n) is 5.23. The van der Waals surface area contributed by atoms with Gasteiger partial charge in [-0.25, -0.2) is 0 Å². The van der Waals surface area contributed by atoms with Crippen LogP contribution in [0.1, 0.15) is 51.5 Å². The Morgan fingerprint density at radius 2 is 1.70 bits per heavy atom. The predicted octanol–water partition coefficient (Wildman–Crippen LogP) is 5.77. The summed E-state index contributed by atoms with van der Waals surface area (Å²) in [6.07, 6.45) is 4.22. The van der Waals surface area contributed by atoms with Gasteiger partial charge in [0.25, 0.3) is 0 Å². The van der Waals surface area contributed by atoms with Gasteiger partial charge in [-0.05, 0) is 58.3 Å². The third kappa shape index (κ3) is 1.38. The van der Waals surface area contributed by atoms with Gasteiger partial charge in [-0.2, -0.15) is 0 Å². The number of benzene rings is 2. The molecule has 3 atom stereocenters. The van der Waals surface area contributed by atoms with Crippen LogP contribution < -0.4 is 0 Å². The highest BCUT2D eigenvalue weighted by Gasteiger charge is 2.61. The molecule has 0 aromatic heterocycles. The summed E-state index contributed by atoms with van der Waals surface area (Å²) in [5.74, 6) is 1.65. The van der Waals surface area contributed by atoms with E-state index in [1.54, 1.807) is 5.56 Å². The zero-order valence-electron chi connectivity index (χ0n) is 12.8. The molecular formula is C20H24. The maximum Gasteiger partial charge on any atom is -0.00938 e. The van der Waals surface area contributed by atoms with Gasteiger partial charge in [0.2, 0.25) is 0 Å². The largest absolute Gasteiger partial charge is 0.0616 e. The molecule has 2 bridgehead atoms. The highest BCUT2D eigenvalue weighted by Crippen LogP contribution is 2.71. The molecule has 0 heteroatoms. The summed E-state index contributed by atoms with van der Waals surface area (Å²) in [5, 5.41) is 2.87. The zero-order chi connectivity index (χ0) is 14.0. The number of fused-ring (bicyclic) bond motifs is 3. The molecule has 2 fully saturated rings. The van der Waals surface area contributed by atoms with E-state index >= 15 is 0 Å². The standard InChI is InChI=1S/C20H24/c1-19(2)15-11-12-20(19,3)18(13-15)17-10-6-8-14-7-4-5-9-16(14)17/h4-10,15,18H,11-13H2,1-3H3/t15?,18?,20-/m0/s1. The molecule has 2 unspecified atom stereocenters. The first kappa shape index (κ1) is 12.4. The summed E-state index contributed by atoms with van der Waals surface area (Å²) in [6.45, 7) is 7.57. The molecule has 0 saturated heterocycles. The highest BCUT2D eigenvalue weighted by atomic mass is 14.7. The Morgan fingerprint density at radius 3 is 2.40 bits per heavy atom. The fraction of sp³-hybridized carbons (Fsp3) is 0.500. The summed E-state index contributed by atoms with van der Waals surface area (Å²) in [7, 11) is 0. The van der Waals surface area contributed by atoms with Gasteiger partial charge in [0.05, 0.1) is 0 Å². The van der Waals surface area contributed by atoms with Crippen molar-refractivity contribution in [3.05, 3.63) is 48.0 Å². The molecule has 0 amide bonds. The average molecular weight is 264 g/mol. The van der Waals surface area contributed by atoms with Crippen LogP contribution >= 0.6 is 0 Å². The molecule has 0 nitrogen and oxygen atoms in total. The van der Waals surface area contributed by atoms with Crippen LogP contribution in [0.3, 0.4) is 0 Å². The van der Waals surface area contributed by atoms with Gasteiger partial charge < -0.3 is 0 Å². The molecule has 0 N–H and O–H groups in total. The zero-order valence-corrected chi connectivity index (χ0v) is 12.8. The average Bonchev–Trinajstić information content (AvgIpc) is 2.79. The first-order valence-electron chi connectivity index (χ1n) is 8.02. The van der Waals surface area contributed by atoms with Gasteiger partial charge in [0.1, 0.15) is 0 Å². The van der Waals surface area contributed by atoms with Gasteiger partial charge in [0, 0.05) is 0 Å². The van der Waals surface area contributed by atoms with Crippen molar-refractivity contribution in [1.82, 2.24) is 0 Å². The smallest absolute Gasteiger partial charge is 0.00938 e. The van der Waals surface area contributed by atoms with Crippen LogP contribution in [0.4, 0.5) is 0 Å². The van der Waals surface area contributed by atoms with Crippen molar-refractivity contribution >= 4 is 10.8 Å². The maximum atomic E-state index is 2.55. The van der Waals surface area contributed by atoms with E-state index in [1.807, 2.05) is 0 Å². The third-order valence-electron chi connectivity index (χ3n) is 6.99. The van der Waals surface area contributed by atoms with E-state index in [1.165, 1.54) is 30.0 Å². The van der Waals surface area contributed by atoms with Gasteiger partial charge in [-0.3, -0.25) is 0 Å². The minimum absolute atomic E-state index is 0.474. The third-order valence-corrected chi connectivity index (χ3v) is 6.99. The van der Waals surface area contributed by atoms with Crippen LogP contribution in [-0.2, 0) is 0 Å². The summed E-state index contributed by atoms with van der Waals surface area (Å²) in [4.78, 5) is 0.